The van der Waals surface area contributed by atoms with E-state index in [9.17, 15) is 30.8 Å². The molecule has 0 fully saturated rings. The topological polar surface area (TPSA) is 79.3 Å². The molecule has 3 aromatic rings. The minimum Gasteiger partial charge on any atom is -0.435 e. The van der Waals surface area contributed by atoms with Crippen molar-refractivity contribution < 1.29 is 35.5 Å². The predicted molar refractivity (Wildman–Crippen MR) is 132 cm³/mol. The van der Waals surface area contributed by atoms with E-state index >= 15 is 0 Å². The summed E-state index contributed by atoms with van der Waals surface area (Å²) in [6.07, 6.45) is 0. The smallest absolute Gasteiger partial charge is 0.387 e. The van der Waals surface area contributed by atoms with Gasteiger partial charge in [0, 0.05) is 10.4 Å². The molecular weight excluding hydrogens is 582 g/mol. The lowest BCUT2D eigenvalue weighted by molar-refractivity contribution is -0.0498. The first-order valence-electron chi connectivity index (χ1n) is 10.7. The summed E-state index contributed by atoms with van der Waals surface area (Å²) in [5.74, 6) is -4.52. The maximum atomic E-state index is 13.6. The largest absolute Gasteiger partial charge is 0.435 e. The van der Waals surface area contributed by atoms with Crippen molar-refractivity contribution in [3.63, 3.8) is 0 Å². The van der Waals surface area contributed by atoms with Crippen LogP contribution in [-0.2, 0) is 10.0 Å². The first-order chi connectivity index (χ1) is 17.6. The third-order valence-electron chi connectivity index (χ3n) is 5.43. The van der Waals surface area contributed by atoms with Gasteiger partial charge in [0.15, 0.2) is 0 Å². The summed E-state index contributed by atoms with van der Waals surface area (Å²) in [4.78, 5) is 13.4. The number of hydrazone groups is 1. The Balaban J connectivity index is 1.75. The highest BCUT2D eigenvalue weighted by Crippen LogP contribution is 2.33. The lowest BCUT2D eigenvalue weighted by atomic mass is 9.90. The van der Waals surface area contributed by atoms with E-state index in [0.29, 0.717) is 15.7 Å². The van der Waals surface area contributed by atoms with Gasteiger partial charge in [0.05, 0.1) is 17.9 Å². The summed E-state index contributed by atoms with van der Waals surface area (Å²) in [6.45, 7) is -3.17. The zero-order chi connectivity index (χ0) is 26.7. The molecule has 1 atom stereocenters. The lowest BCUT2D eigenvalue weighted by Crippen LogP contribution is -2.46. The summed E-state index contributed by atoms with van der Waals surface area (Å²) in [5.41, 5.74) is 1.18. The molecule has 0 spiro atoms. The Kier molecular flexibility index (Phi) is 7.83. The summed E-state index contributed by atoms with van der Waals surface area (Å²) in [7, 11) is -5.39. The second kappa shape index (κ2) is 10.9. The highest BCUT2D eigenvalue weighted by Gasteiger charge is 2.42. The van der Waals surface area contributed by atoms with Crippen LogP contribution < -0.4 is 9.04 Å². The molecule has 4 rings (SSSR count). The van der Waals surface area contributed by atoms with Gasteiger partial charge in [-0.15, -0.1) is 0 Å². The monoisotopic (exact) mass is 599 g/mol. The Morgan fingerprint density at radius 2 is 1.59 bits per heavy atom. The summed E-state index contributed by atoms with van der Waals surface area (Å²) >= 11 is 3.18. The molecule has 1 aliphatic rings. The number of carbonyl (C=O) groups excluding carboxylic acids is 1. The van der Waals surface area contributed by atoms with Crippen LogP contribution in [0, 0.1) is 0 Å². The van der Waals surface area contributed by atoms with Crippen LogP contribution in [0.3, 0.4) is 0 Å². The Labute approximate surface area is 218 Å². The number of benzene rings is 3. The highest BCUT2D eigenvalue weighted by molar-refractivity contribution is 9.10. The minimum atomic E-state index is -5.39. The molecule has 1 aliphatic heterocycles. The van der Waals surface area contributed by atoms with E-state index in [2.05, 4.69) is 25.8 Å². The Morgan fingerprint density at radius 3 is 2.16 bits per heavy atom. The zero-order valence-electron chi connectivity index (χ0n) is 18.7. The molecule has 3 aromatic carbocycles. The van der Waals surface area contributed by atoms with Gasteiger partial charge < -0.3 is 4.74 Å². The van der Waals surface area contributed by atoms with Crippen molar-refractivity contribution in [2.45, 2.75) is 18.3 Å². The number of carbonyl (C=O) groups is 1. The predicted octanol–water partition coefficient (Wildman–Crippen LogP) is 6.03. The first-order valence-corrected chi connectivity index (χ1v) is 13.0. The van der Waals surface area contributed by atoms with Gasteiger partial charge in [-0.1, -0.05) is 46.3 Å². The van der Waals surface area contributed by atoms with Gasteiger partial charge in [0.1, 0.15) is 5.75 Å². The average molecular weight is 600 g/mol. The van der Waals surface area contributed by atoms with Crippen LogP contribution in [0.2, 0.25) is 0 Å². The van der Waals surface area contributed by atoms with Gasteiger partial charge in [-0.3, -0.25) is 0 Å². The Hall–Kier alpha value is -3.45. The van der Waals surface area contributed by atoms with E-state index in [-0.39, 0.29) is 22.3 Å². The van der Waals surface area contributed by atoms with Crippen molar-refractivity contribution in [2.24, 2.45) is 5.10 Å². The van der Waals surface area contributed by atoms with Crippen LogP contribution in [-0.4, -0.2) is 44.1 Å². The quantitative estimate of drug-likeness (QED) is 0.310. The van der Waals surface area contributed by atoms with E-state index in [4.69, 9.17) is 0 Å². The molecule has 0 bridgehead atoms. The van der Waals surface area contributed by atoms with Gasteiger partial charge in [-0.2, -0.15) is 35.4 Å². The number of alkyl halides is 4. The SMILES string of the molecule is O=C(N1CC(c2ccccc2)C(c2ccc(OC(F)F)cc2)=N1)N(c1ccc(Br)cc1)S(=O)(=O)C(F)F. The summed E-state index contributed by atoms with van der Waals surface area (Å²) < 4.78 is 82.2. The molecule has 0 N–H and O–H groups in total. The number of rotatable bonds is 7. The maximum Gasteiger partial charge on any atom is 0.387 e. The van der Waals surface area contributed by atoms with Crippen LogP contribution >= 0.6 is 15.9 Å². The first kappa shape index (κ1) is 26.6. The lowest BCUT2D eigenvalue weighted by Gasteiger charge is -2.25. The van der Waals surface area contributed by atoms with Crippen LogP contribution in [0.25, 0.3) is 0 Å². The number of amides is 2. The van der Waals surface area contributed by atoms with Crippen LogP contribution in [0.1, 0.15) is 17.0 Å². The molecule has 194 valence electrons. The van der Waals surface area contributed by atoms with Crippen molar-refractivity contribution in [3.8, 4) is 5.75 Å². The van der Waals surface area contributed by atoms with Gasteiger partial charge in [-0.05, 0) is 59.7 Å². The number of urea groups is 1. The molecule has 0 aromatic heterocycles. The van der Waals surface area contributed by atoms with Gasteiger partial charge in [0.2, 0.25) is 0 Å². The molecule has 7 nitrogen and oxygen atoms in total. The number of halogens is 5. The van der Waals surface area contributed by atoms with Crippen molar-refractivity contribution in [3.05, 3.63) is 94.5 Å². The number of hydrogen-bond donors (Lipinski definition) is 0. The fourth-order valence-electron chi connectivity index (χ4n) is 3.76. The fourth-order valence-corrected chi connectivity index (χ4v) is 4.91. The molecule has 0 saturated heterocycles. The second-order valence-electron chi connectivity index (χ2n) is 7.76. The number of nitrogens with zero attached hydrogens (tertiary/aromatic N) is 3. The number of anilines is 1. The minimum absolute atomic E-state index is 0.0260. The molecule has 1 unspecified atom stereocenters. The van der Waals surface area contributed by atoms with Crippen LogP contribution in [0.4, 0.5) is 28.0 Å². The second-order valence-corrected chi connectivity index (χ2v) is 10.4. The maximum absolute atomic E-state index is 13.6. The molecule has 0 saturated carbocycles. The summed E-state index contributed by atoms with van der Waals surface area (Å²) in [5, 5.41) is 5.10. The number of hydrogen-bond acceptors (Lipinski definition) is 5. The van der Waals surface area contributed by atoms with Gasteiger partial charge in [0.25, 0.3) is 0 Å². The van der Waals surface area contributed by atoms with Crippen molar-refractivity contribution in [1.29, 1.82) is 0 Å². The fraction of sp³-hybridized carbons (Fsp3) is 0.167. The van der Waals surface area contributed by atoms with E-state index in [1.807, 2.05) is 0 Å². The number of sulfonamides is 1. The van der Waals surface area contributed by atoms with Crippen LogP contribution in [0.15, 0.2) is 88.4 Å². The molecule has 0 radical (unpaired) electrons. The normalized spacial score (nSPS) is 15.7. The molecule has 37 heavy (non-hydrogen) atoms. The average Bonchev–Trinajstić information content (AvgIpc) is 3.31. The Morgan fingerprint density at radius 1 is 0.973 bits per heavy atom. The van der Waals surface area contributed by atoms with E-state index in [1.54, 1.807) is 30.3 Å². The zero-order valence-corrected chi connectivity index (χ0v) is 21.1. The Bertz CT molecular complexity index is 1390. The van der Waals surface area contributed by atoms with Gasteiger partial charge >= 0.3 is 28.4 Å². The standard InChI is InChI=1S/C24H18BrF4N3O4S/c25-17-8-10-18(11-9-17)32(37(34,35)23(28)29)24(33)31-14-20(15-4-2-1-3-5-15)21(30-31)16-6-12-19(13-7-16)36-22(26)27/h1-13,20,22-23H,14H2. The van der Waals surface area contributed by atoms with Crippen molar-refractivity contribution >= 4 is 43.4 Å². The third kappa shape index (κ3) is 5.77. The van der Waals surface area contributed by atoms with E-state index in [1.165, 1.54) is 48.5 Å². The van der Waals surface area contributed by atoms with Crippen molar-refractivity contribution in [1.82, 2.24) is 5.01 Å². The third-order valence-corrected chi connectivity index (χ3v) is 7.28. The van der Waals surface area contributed by atoms with Gasteiger partial charge in [-0.25, -0.2) is 9.80 Å². The summed E-state index contributed by atoms with van der Waals surface area (Å²) in [6, 6.07) is 18.3. The molecule has 2 amide bonds. The molecule has 1 heterocycles. The van der Waals surface area contributed by atoms with Crippen molar-refractivity contribution in [2.75, 3.05) is 10.8 Å². The molecule has 0 aliphatic carbocycles. The molecular formula is C24H18BrF4N3O4S. The van der Waals surface area contributed by atoms with E-state index in [0.717, 1.165) is 10.6 Å². The van der Waals surface area contributed by atoms with E-state index < -0.39 is 34.3 Å². The molecule has 13 heteroatoms. The van der Waals surface area contributed by atoms with Crippen LogP contribution in [0.5, 0.6) is 5.75 Å². The highest BCUT2D eigenvalue weighted by atomic mass is 79.9. The number of ether oxygens (including phenoxy) is 1.